The number of H-pyrrole nitrogens is 1. The van der Waals surface area contributed by atoms with Crippen LogP contribution in [0.4, 0.5) is 11.6 Å². The molecule has 6 rings (SSSR count). The van der Waals surface area contributed by atoms with Gasteiger partial charge in [0.2, 0.25) is 5.95 Å². The van der Waals surface area contributed by atoms with Crippen LogP contribution in [-0.4, -0.2) is 56.4 Å². The van der Waals surface area contributed by atoms with Gasteiger partial charge in [0.15, 0.2) is 0 Å². The maximum absolute atomic E-state index is 13.0. The van der Waals surface area contributed by atoms with Crippen molar-refractivity contribution in [2.45, 2.75) is 44.6 Å². The second-order valence-corrected chi connectivity index (χ2v) is 10.3. The van der Waals surface area contributed by atoms with Crippen molar-refractivity contribution in [2.75, 3.05) is 25.0 Å². The monoisotopic (exact) mass is 495 g/mol. The molecule has 4 heterocycles. The summed E-state index contributed by atoms with van der Waals surface area (Å²) in [4.78, 5) is 32.2. The quantitative estimate of drug-likeness (QED) is 0.328. The second-order valence-electron chi connectivity index (χ2n) is 10.3. The fourth-order valence-electron chi connectivity index (χ4n) is 5.62. The van der Waals surface area contributed by atoms with Gasteiger partial charge >= 0.3 is 0 Å². The van der Waals surface area contributed by atoms with E-state index in [1.54, 1.807) is 12.4 Å². The van der Waals surface area contributed by atoms with Crippen molar-refractivity contribution in [3.63, 3.8) is 0 Å². The van der Waals surface area contributed by atoms with Gasteiger partial charge in [0.1, 0.15) is 5.69 Å². The van der Waals surface area contributed by atoms with E-state index < -0.39 is 0 Å². The average molecular weight is 496 g/mol. The van der Waals surface area contributed by atoms with E-state index >= 15 is 0 Å². The Bertz CT molecular complexity index is 1360. The lowest BCUT2D eigenvalue weighted by Crippen LogP contribution is -2.39. The highest BCUT2D eigenvalue weighted by Crippen LogP contribution is 2.27. The summed E-state index contributed by atoms with van der Waals surface area (Å²) in [5.41, 5.74) is 3.93. The number of benzene rings is 1. The first-order chi connectivity index (χ1) is 18.2. The molecular weight excluding hydrogens is 462 g/mol. The van der Waals surface area contributed by atoms with Crippen LogP contribution in [-0.2, 0) is 0 Å². The molecule has 1 saturated carbocycles. The Morgan fingerprint density at radius 2 is 1.81 bits per heavy atom. The first-order valence-electron chi connectivity index (χ1n) is 13.4. The number of likely N-dealkylation sites (tertiary alicyclic amines) is 1. The molecule has 2 aliphatic rings. The predicted octanol–water partition coefficient (Wildman–Crippen LogP) is 5.15. The molecule has 3 N–H and O–H groups in total. The van der Waals surface area contributed by atoms with Crippen LogP contribution in [0.1, 0.15) is 49.0 Å². The van der Waals surface area contributed by atoms with E-state index in [2.05, 4.69) is 35.5 Å². The van der Waals surface area contributed by atoms with Crippen LogP contribution in [0.25, 0.3) is 22.3 Å². The van der Waals surface area contributed by atoms with E-state index in [0.717, 1.165) is 46.7 Å². The molecule has 3 aromatic heterocycles. The molecule has 4 aromatic rings. The van der Waals surface area contributed by atoms with Gasteiger partial charge in [0, 0.05) is 41.6 Å². The number of aromatic amines is 1. The Morgan fingerprint density at radius 3 is 2.62 bits per heavy atom. The summed E-state index contributed by atoms with van der Waals surface area (Å²) < 4.78 is 0. The molecular formula is C29H33N7O. The lowest BCUT2D eigenvalue weighted by Gasteiger charge is -2.31. The standard InChI is InChI=1S/C29H33N7O/c37-28(32-22-8-6-20(7-9-22)19-36-15-3-4-16-36)27-18-21-17-23(10-11-24(21)34-27)33-29-31-14-12-26(35-29)25-5-1-2-13-30-25/h1-2,5,10-14,17-18,20,22,34H,3-4,6-9,15-16,19H2,(H,32,37)(H,31,33,35)/t20-,22-. The summed E-state index contributed by atoms with van der Waals surface area (Å²) in [6.45, 7) is 3.76. The number of nitrogens with one attached hydrogen (secondary N) is 3. The van der Waals surface area contributed by atoms with Gasteiger partial charge in [0.05, 0.1) is 11.4 Å². The van der Waals surface area contributed by atoms with Crippen molar-refractivity contribution in [1.82, 2.24) is 30.2 Å². The first kappa shape index (κ1) is 23.6. The number of fused-ring (bicyclic) bond motifs is 1. The maximum Gasteiger partial charge on any atom is 0.267 e. The van der Waals surface area contributed by atoms with Crippen molar-refractivity contribution in [3.05, 3.63) is 66.6 Å². The largest absolute Gasteiger partial charge is 0.351 e. The van der Waals surface area contributed by atoms with Crippen molar-refractivity contribution in [2.24, 2.45) is 5.92 Å². The third-order valence-corrected chi connectivity index (χ3v) is 7.60. The van der Waals surface area contributed by atoms with Crippen LogP contribution >= 0.6 is 0 Å². The number of hydrogen-bond donors (Lipinski definition) is 3. The number of anilines is 2. The number of aromatic nitrogens is 4. The van der Waals surface area contributed by atoms with Gasteiger partial charge in [-0.3, -0.25) is 9.78 Å². The van der Waals surface area contributed by atoms with Gasteiger partial charge in [-0.15, -0.1) is 0 Å². The van der Waals surface area contributed by atoms with Gasteiger partial charge < -0.3 is 20.5 Å². The Morgan fingerprint density at radius 1 is 0.946 bits per heavy atom. The molecule has 0 spiro atoms. The zero-order valence-electron chi connectivity index (χ0n) is 21.0. The lowest BCUT2D eigenvalue weighted by atomic mass is 9.85. The SMILES string of the molecule is O=C(N[C@H]1CC[C@H](CN2CCCC2)CC1)c1cc2cc(Nc3nccc(-c4ccccn4)n3)ccc2[nH]1. The molecule has 8 heteroatoms. The molecule has 1 saturated heterocycles. The van der Waals surface area contributed by atoms with E-state index in [1.165, 1.54) is 45.3 Å². The summed E-state index contributed by atoms with van der Waals surface area (Å²) in [6, 6.07) is 15.7. The van der Waals surface area contributed by atoms with Crippen LogP contribution in [0, 0.1) is 5.92 Å². The van der Waals surface area contributed by atoms with Crippen molar-refractivity contribution in [3.8, 4) is 11.4 Å². The highest BCUT2D eigenvalue weighted by Gasteiger charge is 2.25. The summed E-state index contributed by atoms with van der Waals surface area (Å²) >= 11 is 0. The molecule has 1 aliphatic heterocycles. The molecule has 37 heavy (non-hydrogen) atoms. The minimum Gasteiger partial charge on any atom is -0.351 e. The summed E-state index contributed by atoms with van der Waals surface area (Å²) in [7, 11) is 0. The maximum atomic E-state index is 13.0. The number of rotatable bonds is 7. The molecule has 8 nitrogen and oxygen atoms in total. The molecule has 2 fully saturated rings. The van der Waals surface area contributed by atoms with Crippen LogP contribution in [0.3, 0.4) is 0 Å². The second kappa shape index (κ2) is 10.7. The Balaban J connectivity index is 1.07. The van der Waals surface area contributed by atoms with E-state index in [9.17, 15) is 4.79 Å². The number of pyridine rings is 1. The zero-order chi connectivity index (χ0) is 25.0. The summed E-state index contributed by atoms with van der Waals surface area (Å²) in [5, 5.41) is 7.50. The van der Waals surface area contributed by atoms with Crippen molar-refractivity contribution >= 4 is 28.4 Å². The van der Waals surface area contributed by atoms with Gasteiger partial charge in [-0.05, 0) is 100.0 Å². The minimum atomic E-state index is -0.0277. The molecule has 0 unspecified atom stereocenters. The topological polar surface area (TPSA) is 98.8 Å². The van der Waals surface area contributed by atoms with E-state index in [-0.39, 0.29) is 11.9 Å². The molecule has 0 bridgehead atoms. The predicted molar refractivity (Wildman–Crippen MR) is 146 cm³/mol. The highest BCUT2D eigenvalue weighted by atomic mass is 16.1. The van der Waals surface area contributed by atoms with Gasteiger partial charge in [0.25, 0.3) is 5.91 Å². The van der Waals surface area contributed by atoms with Crippen molar-refractivity contribution < 1.29 is 4.79 Å². The average Bonchev–Trinajstić information content (AvgIpc) is 3.60. The van der Waals surface area contributed by atoms with Crippen LogP contribution in [0.2, 0.25) is 0 Å². The fraction of sp³-hybridized carbons (Fsp3) is 0.379. The smallest absolute Gasteiger partial charge is 0.267 e. The van der Waals surface area contributed by atoms with E-state index in [1.807, 2.05) is 48.5 Å². The zero-order valence-corrected chi connectivity index (χ0v) is 21.0. The Labute approximate surface area is 216 Å². The Kier molecular flexibility index (Phi) is 6.82. The molecule has 1 aromatic carbocycles. The molecule has 1 amide bonds. The van der Waals surface area contributed by atoms with E-state index in [0.29, 0.717) is 11.6 Å². The van der Waals surface area contributed by atoms with Crippen LogP contribution in [0.5, 0.6) is 0 Å². The van der Waals surface area contributed by atoms with Crippen LogP contribution in [0.15, 0.2) is 60.9 Å². The fourth-order valence-corrected chi connectivity index (χ4v) is 5.62. The van der Waals surface area contributed by atoms with Gasteiger partial charge in [-0.25, -0.2) is 9.97 Å². The normalized spacial score (nSPS) is 20.2. The van der Waals surface area contributed by atoms with Crippen molar-refractivity contribution in [1.29, 1.82) is 0 Å². The third-order valence-electron chi connectivity index (χ3n) is 7.60. The van der Waals surface area contributed by atoms with Crippen LogP contribution < -0.4 is 10.6 Å². The summed E-state index contributed by atoms with van der Waals surface area (Å²) in [6.07, 6.45) is 10.7. The third kappa shape index (κ3) is 5.64. The molecule has 1 aliphatic carbocycles. The Hall–Kier alpha value is -3.78. The first-order valence-corrected chi connectivity index (χ1v) is 13.4. The number of carbonyl (C=O) groups is 1. The molecule has 190 valence electrons. The van der Waals surface area contributed by atoms with Gasteiger partial charge in [-0.2, -0.15) is 0 Å². The highest BCUT2D eigenvalue weighted by molar-refractivity contribution is 5.98. The molecule has 0 radical (unpaired) electrons. The summed E-state index contributed by atoms with van der Waals surface area (Å²) in [5.74, 6) is 1.25. The van der Waals surface area contributed by atoms with E-state index in [4.69, 9.17) is 0 Å². The number of hydrogen-bond acceptors (Lipinski definition) is 6. The number of nitrogens with zero attached hydrogens (tertiary/aromatic N) is 4. The molecule has 0 atom stereocenters. The minimum absolute atomic E-state index is 0.0277. The van der Waals surface area contributed by atoms with Gasteiger partial charge in [-0.1, -0.05) is 6.07 Å². The number of amides is 1. The lowest BCUT2D eigenvalue weighted by molar-refractivity contribution is 0.0914. The number of carbonyl (C=O) groups excluding carboxylic acids is 1.